The fourth-order valence-electron chi connectivity index (χ4n) is 1.15. The number of halogens is 1. The summed E-state index contributed by atoms with van der Waals surface area (Å²) in [7, 11) is 0. The lowest BCUT2D eigenvalue weighted by atomic mass is 10.2. The first-order valence-corrected chi connectivity index (χ1v) is 5.76. The Labute approximate surface area is 102 Å². The summed E-state index contributed by atoms with van der Waals surface area (Å²) in [6.07, 6.45) is 1.74. The smallest absolute Gasteiger partial charge is 0.263 e. The van der Waals surface area contributed by atoms with Gasteiger partial charge < -0.3 is 5.32 Å². The Morgan fingerprint density at radius 1 is 1.40 bits per heavy atom. The fraction of sp³-hybridized carbons (Fsp3) is 0. The van der Waals surface area contributed by atoms with Gasteiger partial charge in [-0.1, -0.05) is 53.8 Å². The predicted octanol–water partition coefficient (Wildman–Crippen LogP) is 2.83. The van der Waals surface area contributed by atoms with Gasteiger partial charge in [-0.2, -0.15) is 0 Å². The summed E-state index contributed by atoms with van der Waals surface area (Å²) in [6, 6.07) is 7.35. The standard InChI is InChI=1S/C10H6ClNOS2/c11-7-4-2-1-3-6(7)5-8-9(13)12-10(14)15-8/h1-5H,(H,12,13,14)/b8-5+. The van der Waals surface area contributed by atoms with Crippen LogP contribution in [0, 0.1) is 0 Å². The Bertz CT molecular complexity index is 470. The van der Waals surface area contributed by atoms with Crippen LogP contribution in [0.4, 0.5) is 0 Å². The van der Waals surface area contributed by atoms with Gasteiger partial charge in [0.15, 0.2) is 0 Å². The van der Waals surface area contributed by atoms with Crippen molar-refractivity contribution < 1.29 is 4.79 Å². The van der Waals surface area contributed by atoms with Gasteiger partial charge in [0, 0.05) is 5.02 Å². The number of thioether (sulfide) groups is 1. The zero-order valence-corrected chi connectivity index (χ0v) is 9.88. The second-order valence-electron chi connectivity index (χ2n) is 2.87. The monoisotopic (exact) mass is 255 g/mol. The van der Waals surface area contributed by atoms with E-state index in [1.165, 1.54) is 11.8 Å². The summed E-state index contributed by atoms with van der Waals surface area (Å²) < 4.78 is 0.485. The zero-order chi connectivity index (χ0) is 10.8. The maximum Gasteiger partial charge on any atom is 0.263 e. The van der Waals surface area contributed by atoms with Crippen LogP contribution in [-0.2, 0) is 4.79 Å². The summed E-state index contributed by atoms with van der Waals surface area (Å²) in [5, 5.41) is 3.17. The molecule has 1 aromatic carbocycles. The lowest BCUT2D eigenvalue weighted by Crippen LogP contribution is -2.17. The van der Waals surface area contributed by atoms with E-state index in [1.54, 1.807) is 12.1 Å². The van der Waals surface area contributed by atoms with Crippen molar-refractivity contribution in [1.29, 1.82) is 0 Å². The van der Waals surface area contributed by atoms with Crippen molar-refractivity contribution in [3.8, 4) is 0 Å². The Kier molecular flexibility index (Phi) is 3.09. The van der Waals surface area contributed by atoms with Crippen LogP contribution in [0.5, 0.6) is 0 Å². The van der Waals surface area contributed by atoms with Gasteiger partial charge in [0.1, 0.15) is 4.32 Å². The van der Waals surface area contributed by atoms with Crippen LogP contribution < -0.4 is 5.32 Å². The predicted molar refractivity (Wildman–Crippen MR) is 67.8 cm³/mol. The number of carbonyl (C=O) groups is 1. The molecule has 0 aromatic heterocycles. The second kappa shape index (κ2) is 4.35. The minimum Gasteiger partial charge on any atom is -0.307 e. The van der Waals surface area contributed by atoms with E-state index in [0.29, 0.717) is 14.2 Å². The third-order valence-electron chi connectivity index (χ3n) is 1.83. The molecular weight excluding hydrogens is 250 g/mol. The van der Waals surface area contributed by atoms with E-state index >= 15 is 0 Å². The van der Waals surface area contributed by atoms with Crippen LogP contribution in [0.1, 0.15) is 5.56 Å². The molecule has 2 rings (SSSR count). The zero-order valence-electron chi connectivity index (χ0n) is 7.49. The van der Waals surface area contributed by atoms with E-state index in [9.17, 15) is 4.79 Å². The first kappa shape index (κ1) is 10.7. The van der Waals surface area contributed by atoms with Crippen LogP contribution in [0.15, 0.2) is 29.2 Å². The molecule has 0 atom stereocenters. The summed E-state index contributed by atoms with van der Waals surface area (Å²) in [6.45, 7) is 0. The third kappa shape index (κ3) is 2.40. The summed E-state index contributed by atoms with van der Waals surface area (Å²) in [4.78, 5) is 11.9. The van der Waals surface area contributed by atoms with Crippen LogP contribution in [0.25, 0.3) is 6.08 Å². The average molecular weight is 256 g/mol. The number of carbonyl (C=O) groups excluding carboxylic acids is 1. The van der Waals surface area contributed by atoms with Crippen molar-refractivity contribution in [2.24, 2.45) is 0 Å². The highest BCUT2D eigenvalue weighted by atomic mass is 35.5. The quantitative estimate of drug-likeness (QED) is 0.618. The molecule has 5 heteroatoms. The fourth-order valence-corrected chi connectivity index (χ4v) is 2.38. The second-order valence-corrected chi connectivity index (χ2v) is 5.00. The number of rotatable bonds is 1. The molecule has 0 saturated carbocycles. The molecule has 2 nitrogen and oxygen atoms in total. The van der Waals surface area contributed by atoms with Gasteiger partial charge in [-0.15, -0.1) is 0 Å². The van der Waals surface area contributed by atoms with Crippen molar-refractivity contribution in [2.75, 3.05) is 0 Å². The van der Waals surface area contributed by atoms with Crippen molar-refractivity contribution in [1.82, 2.24) is 5.32 Å². The first-order chi connectivity index (χ1) is 7.16. The molecular formula is C10H6ClNOS2. The molecule has 1 aromatic rings. The molecule has 1 amide bonds. The van der Waals surface area contributed by atoms with E-state index in [-0.39, 0.29) is 5.91 Å². The van der Waals surface area contributed by atoms with Gasteiger partial charge in [-0.05, 0) is 17.7 Å². The van der Waals surface area contributed by atoms with Gasteiger partial charge in [-0.3, -0.25) is 4.79 Å². The summed E-state index contributed by atoms with van der Waals surface area (Å²) >= 11 is 12.1. The van der Waals surface area contributed by atoms with Gasteiger partial charge in [0.05, 0.1) is 4.91 Å². The Balaban J connectivity index is 2.35. The number of hydrogen-bond donors (Lipinski definition) is 1. The lowest BCUT2D eigenvalue weighted by Gasteiger charge is -1.97. The number of hydrogen-bond acceptors (Lipinski definition) is 3. The van der Waals surface area contributed by atoms with Crippen LogP contribution >= 0.6 is 35.6 Å². The average Bonchev–Trinajstić information content (AvgIpc) is 2.49. The largest absolute Gasteiger partial charge is 0.307 e. The topological polar surface area (TPSA) is 29.1 Å². The maximum absolute atomic E-state index is 11.4. The Hall–Kier alpha value is -0.840. The highest BCUT2D eigenvalue weighted by Gasteiger charge is 2.22. The molecule has 0 radical (unpaired) electrons. The molecule has 1 aliphatic rings. The molecule has 1 aliphatic heterocycles. The molecule has 1 heterocycles. The Morgan fingerprint density at radius 3 is 2.73 bits per heavy atom. The van der Waals surface area contributed by atoms with Gasteiger partial charge in [-0.25, -0.2) is 0 Å². The summed E-state index contributed by atoms with van der Waals surface area (Å²) in [5.74, 6) is -0.162. The number of nitrogens with one attached hydrogen (secondary N) is 1. The van der Waals surface area contributed by atoms with Crippen molar-refractivity contribution in [2.45, 2.75) is 0 Å². The molecule has 15 heavy (non-hydrogen) atoms. The third-order valence-corrected chi connectivity index (χ3v) is 3.34. The van der Waals surface area contributed by atoms with Gasteiger partial charge in [0.25, 0.3) is 5.91 Å². The molecule has 0 spiro atoms. The highest BCUT2D eigenvalue weighted by molar-refractivity contribution is 8.26. The molecule has 0 bridgehead atoms. The van der Waals surface area contributed by atoms with Crippen LogP contribution in [-0.4, -0.2) is 10.2 Å². The number of amides is 1. The SMILES string of the molecule is O=C1NC(=S)S/C1=C/c1ccccc1Cl. The van der Waals surface area contributed by atoms with E-state index in [0.717, 1.165) is 5.56 Å². The molecule has 76 valence electrons. The molecule has 0 unspecified atom stereocenters. The van der Waals surface area contributed by atoms with Gasteiger partial charge >= 0.3 is 0 Å². The first-order valence-electron chi connectivity index (χ1n) is 4.16. The number of thiocarbonyl (C=S) groups is 1. The summed E-state index contributed by atoms with van der Waals surface area (Å²) in [5.41, 5.74) is 0.821. The molecule has 1 fully saturated rings. The van der Waals surface area contributed by atoms with E-state index in [4.69, 9.17) is 23.8 Å². The van der Waals surface area contributed by atoms with Crippen LogP contribution in [0.3, 0.4) is 0 Å². The van der Waals surface area contributed by atoms with Crippen LogP contribution in [0.2, 0.25) is 5.02 Å². The molecule has 0 aliphatic carbocycles. The van der Waals surface area contributed by atoms with Crippen molar-refractivity contribution in [3.63, 3.8) is 0 Å². The van der Waals surface area contributed by atoms with E-state index in [2.05, 4.69) is 5.32 Å². The van der Waals surface area contributed by atoms with Crippen molar-refractivity contribution >= 4 is 51.9 Å². The van der Waals surface area contributed by atoms with E-state index < -0.39 is 0 Å². The van der Waals surface area contributed by atoms with Gasteiger partial charge in [0.2, 0.25) is 0 Å². The normalized spacial score (nSPS) is 18.3. The maximum atomic E-state index is 11.4. The minimum absolute atomic E-state index is 0.162. The molecule has 1 saturated heterocycles. The highest BCUT2D eigenvalue weighted by Crippen LogP contribution is 2.27. The minimum atomic E-state index is -0.162. The Morgan fingerprint density at radius 2 is 2.13 bits per heavy atom. The molecule has 1 N–H and O–H groups in total. The van der Waals surface area contributed by atoms with Crippen molar-refractivity contribution in [3.05, 3.63) is 39.8 Å². The van der Waals surface area contributed by atoms with E-state index in [1.807, 2.05) is 18.2 Å². The number of benzene rings is 1. The lowest BCUT2D eigenvalue weighted by molar-refractivity contribution is -0.115.